The van der Waals surface area contributed by atoms with Gasteiger partial charge in [0.25, 0.3) is 0 Å². The zero-order chi connectivity index (χ0) is 12.4. The second-order valence-corrected chi connectivity index (χ2v) is 5.94. The highest BCUT2D eigenvalue weighted by atomic mass is 35.5. The maximum atomic E-state index is 6.36. The Morgan fingerprint density at radius 2 is 2.17 bits per heavy atom. The van der Waals surface area contributed by atoms with E-state index in [2.05, 4.69) is 17.4 Å². The minimum atomic E-state index is 0.240. The summed E-state index contributed by atoms with van der Waals surface area (Å²) in [5.74, 6) is 0. The molecule has 0 spiro atoms. The lowest BCUT2D eigenvalue weighted by Gasteiger charge is -2.44. The van der Waals surface area contributed by atoms with Crippen molar-refractivity contribution in [3.63, 3.8) is 0 Å². The minimum absolute atomic E-state index is 0.240. The van der Waals surface area contributed by atoms with Crippen molar-refractivity contribution in [1.29, 1.82) is 0 Å². The lowest BCUT2D eigenvalue weighted by molar-refractivity contribution is 0.0900. The van der Waals surface area contributed by atoms with Crippen LogP contribution in [0.4, 0.5) is 0 Å². The van der Waals surface area contributed by atoms with Crippen LogP contribution in [-0.2, 0) is 10.2 Å². The summed E-state index contributed by atoms with van der Waals surface area (Å²) >= 11 is 6.36. The van der Waals surface area contributed by atoms with Crippen molar-refractivity contribution in [1.82, 2.24) is 5.32 Å². The van der Waals surface area contributed by atoms with Gasteiger partial charge in [-0.05, 0) is 37.3 Å². The second kappa shape index (κ2) is 5.20. The zero-order valence-corrected chi connectivity index (χ0v) is 11.4. The lowest BCUT2D eigenvalue weighted by atomic mass is 9.71. The summed E-state index contributed by atoms with van der Waals surface area (Å²) in [5, 5.41) is 4.31. The smallest absolute Gasteiger partial charge is 0.0576 e. The van der Waals surface area contributed by atoms with Crippen LogP contribution in [0.3, 0.4) is 0 Å². The summed E-state index contributed by atoms with van der Waals surface area (Å²) in [6.45, 7) is 3.04. The van der Waals surface area contributed by atoms with Crippen molar-refractivity contribution < 1.29 is 4.74 Å². The molecule has 1 N–H and O–H groups in total. The van der Waals surface area contributed by atoms with E-state index in [1.807, 2.05) is 12.1 Å². The fraction of sp³-hybridized carbons (Fsp3) is 0.600. The number of nitrogens with one attached hydrogen (secondary N) is 1. The van der Waals surface area contributed by atoms with Gasteiger partial charge in [0, 0.05) is 30.1 Å². The van der Waals surface area contributed by atoms with Crippen LogP contribution in [0.25, 0.3) is 0 Å². The molecule has 0 amide bonds. The van der Waals surface area contributed by atoms with Gasteiger partial charge >= 0.3 is 0 Å². The van der Waals surface area contributed by atoms with Crippen LogP contribution in [0, 0.1) is 0 Å². The highest BCUT2D eigenvalue weighted by molar-refractivity contribution is 6.31. The SMILES string of the molecule is Clc1ccccc1C1(CCC2CCCO2)CNC1. The van der Waals surface area contributed by atoms with Crippen LogP contribution in [-0.4, -0.2) is 25.8 Å². The van der Waals surface area contributed by atoms with Gasteiger partial charge in [-0.1, -0.05) is 29.8 Å². The summed E-state index contributed by atoms with van der Waals surface area (Å²) in [5.41, 5.74) is 1.55. The Morgan fingerprint density at radius 3 is 2.78 bits per heavy atom. The highest BCUT2D eigenvalue weighted by Crippen LogP contribution is 2.38. The molecule has 98 valence electrons. The standard InChI is InChI=1S/C15H20ClNO/c16-14-6-2-1-5-13(14)15(10-17-11-15)8-7-12-4-3-9-18-12/h1-2,5-6,12,17H,3-4,7-11H2. The molecule has 0 aromatic heterocycles. The number of halogens is 1. The second-order valence-electron chi connectivity index (χ2n) is 5.54. The van der Waals surface area contributed by atoms with Gasteiger partial charge in [-0.2, -0.15) is 0 Å². The molecule has 18 heavy (non-hydrogen) atoms. The predicted molar refractivity (Wildman–Crippen MR) is 74.2 cm³/mol. The topological polar surface area (TPSA) is 21.3 Å². The molecule has 2 heterocycles. The van der Waals surface area contributed by atoms with E-state index < -0.39 is 0 Å². The van der Waals surface area contributed by atoms with Crippen LogP contribution in [0.5, 0.6) is 0 Å². The van der Waals surface area contributed by atoms with Gasteiger partial charge in [-0.25, -0.2) is 0 Å². The van der Waals surface area contributed by atoms with Gasteiger partial charge < -0.3 is 10.1 Å². The van der Waals surface area contributed by atoms with Crippen molar-refractivity contribution in [2.45, 2.75) is 37.2 Å². The van der Waals surface area contributed by atoms with Gasteiger partial charge in [0.2, 0.25) is 0 Å². The minimum Gasteiger partial charge on any atom is -0.378 e. The van der Waals surface area contributed by atoms with Crippen LogP contribution in [0.15, 0.2) is 24.3 Å². The van der Waals surface area contributed by atoms with Gasteiger partial charge in [-0.15, -0.1) is 0 Å². The number of benzene rings is 1. The number of hydrogen-bond acceptors (Lipinski definition) is 2. The maximum Gasteiger partial charge on any atom is 0.0576 e. The first kappa shape index (κ1) is 12.5. The summed E-state index contributed by atoms with van der Waals surface area (Å²) in [6.07, 6.45) is 5.26. The number of rotatable bonds is 4. The Bertz CT molecular complexity index is 411. The largest absolute Gasteiger partial charge is 0.378 e. The van der Waals surface area contributed by atoms with Crippen LogP contribution >= 0.6 is 11.6 Å². The van der Waals surface area contributed by atoms with Crippen molar-refractivity contribution in [3.05, 3.63) is 34.9 Å². The van der Waals surface area contributed by atoms with Gasteiger partial charge in [0.05, 0.1) is 6.10 Å². The third-order valence-corrected chi connectivity index (χ3v) is 4.67. The number of ether oxygens (including phenoxy) is 1. The summed E-state index contributed by atoms with van der Waals surface area (Å²) in [4.78, 5) is 0. The Hall–Kier alpha value is -0.570. The first-order valence-corrected chi connectivity index (χ1v) is 7.25. The molecule has 2 saturated heterocycles. The fourth-order valence-corrected chi connectivity index (χ4v) is 3.47. The normalized spacial score (nSPS) is 25.9. The molecule has 0 aliphatic carbocycles. The summed E-state index contributed by atoms with van der Waals surface area (Å²) in [6, 6.07) is 8.28. The predicted octanol–water partition coefficient (Wildman–Crippen LogP) is 3.14. The van der Waals surface area contributed by atoms with E-state index in [9.17, 15) is 0 Å². The number of hydrogen-bond donors (Lipinski definition) is 1. The molecule has 2 fully saturated rings. The monoisotopic (exact) mass is 265 g/mol. The van der Waals surface area contributed by atoms with E-state index in [1.165, 1.54) is 24.8 Å². The van der Waals surface area contributed by atoms with Crippen LogP contribution in [0.1, 0.15) is 31.2 Å². The molecule has 1 aromatic rings. The average Bonchev–Trinajstić information content (AvgIpc) is 2.83. The summed E-state index contributed by atoms with van der Waals surface area (Å²) in [7, 11) is 0. The maximum absolute atomic E-state index is 6.36. The van der Waals surface area contributed by atoms with E-state index >= 15 is 0 Å². The van der Waals surface area contributed by atoms with Crippen molar-refractivity contribution in [2.75, 3.05) is 19.7 Å². The quantitative estimate of drug-likeness (QED) is 0.903. The molecule has 1 unspecified atom stereocenters. The first-order chi connectivity index (χ1) is 8.80. The molecule has 2 aliphatic rings. The molecule has 3 rings (SSSR count). The third-order valence-electron chi connectivity index (χ3n) is 4.34. The molecule has 0 radical (unpaired) electrons. The Balaban J connectivity index is 1.71. The Labute approximate surface area is 114 Å². The van der Waals surface area contributed by atoms with E-state index in [4.69, 9.17) is 16.3 Å². The highest BCUT2D eigenvalue weighted by Gasteiger charge is 2.40. The van der Waals surface area contributed by atoms with Crippen molar-refractivity contribution in [2.24, 2.45) is 0 Å². The lowest BCUT2D eigenvalue weighted by Crippen LogP contribution is -2.57. The van der Waals surface area contributed by atoms with Crippen molar-refractivity contribution >= 4 is 11.6 Å². The van der Waals surface area contributed by atoms with Gasteiger partial charge in [-0.3, -0.25) is 0 Å². The van der Waals surface area contributed by atoms with Gasteiger partial charge in [0.15, 0.2) is 0 Å². The molecule has 3 heteroatoms. The van der Waals surface area contributed by atoms with Crippen molar-refractivity contribution in [3.8, 4) is 0 Å². The zero-order valence-electron chi connectivity index (χ0n) is 10.6. The summed E-state index contributed by atoms with van der Waals surface area (Å²) < 4.78 is 5.73. The average molecular weight is 266 g/mol. The molecule has 1 aromatic carbocycles. The molecular weight excluding hydrogens is 246 g/mol. The first-order valence-electron chi connectivity index (χ1n) is 6.87. The fourth-order valence-electron chi connectivity index (χ4n) is 3.13. The van der Waals surface area contributed by atoms with E-state index in [0.29, 0.717) is 6.10 Å². The Morgan fingerprint density at radius 1 is 1.33 bits per heavy atom. The molecule has 2 aliphatic heterocycles. The van der Waals surface area contributed by atoms with E-state index in [-0.39, 0.29) is 5.41 Å². The van der Waals surface area contributed by atoms with E-state index in [1.54, 1.807) is 0 Å². The molecule has 0 saturated carbocycles. The van der Waals surface area contributed by atoms with Crippen LogP contribution < -0.4 is 5.32 Å². The van der Waals surface area contributed by atoms with Crippen LogP contribution in [0.2, 0.25) is 5.02 Å². The molecular formula is C15H20ClNO. The van der Waals surface area contributed by atoms with Gasteiger partial charge in [0.1, 0.15) is 0 Å². The molecule has 0 bridgehead atoms. The van der Waals surface area contributed by atoms with E-state index in [0.717, 1.165) is 31.1 Å². The molecule has 2 nitrogen and oxygen atoms in total. The Kier molecular flexibility index (Phi) is 3.60. The molecule has 1 atom stereocenters. The third kappa shape index (κ3) is 2.29.